The van der Waals surface area contributed by atoms with E-state index in [0.29, 0.717) is 12.8 Å². The van der Waals surface area contributed by atoms with E-state index in [4.69, 9.17) is 24.6 Å². The van der Waals surface area contributed by atoms with E-state index in [-0.39, 0.29) is 89.8 Å². The molecule has 11 N–H and O–H groups in total. The Hall–Kier alpha value is -1.97. The molecule has 31 heteroatoms. The van der Waals surface area contributed by atoms with Gasteiger partial charge in [0, 0.05) is 43.5 Å². The van der Waals surface area contributed by atoms with Crippen molar-refractivity contribution < 1.29 is 120 Å². The summed E-state index contributed by atoms with van der Waals surface area (Å²) in [5.74, 6) is -2.21. The number of phosphoric acid groups is 3. The van der Waals surface area contributed by atoms with Crippen LogP contribution in [0.2, 0.25) is 0 Å². The van der Waals surface area contributed by atoms with Crippen LogP contribution in [0, 0.1) is 5.41 Å². The third kappa shape index (κ3) is 16.8. The number of unbranched alkanes of at least 4 members (excludes halogenated alkanes) is 1. The zero-order valence-corrected chi connectivity index (χ0v) is 36.8. The van der Waals surface area contributed by atoms with Crippen molar-refractivity contribution in [2.45, 2.75) is 76.6 Å². The Kier molecular flexibility index (Phi) is 20.5. The number of carboxylic acid groups (broad SMARTS) is 1. The summed E-state index contributed by atoms with van der Waals surface area (Å²) in [5, 5.41) is 34.7. The molecule has 2 aromatic rings. The van der Waals surface area contributed by atoms with E-state index in [1.54, 1.807) is 0 Å². The van der Waals surface area contributed by atoms with Crippen molar-refractivity contribution in [3.8, 4) is 0 Å². The van der Waals surface area contributed by atoms with Crippen LogP contribution in [0.15, 0.2) is 12.7 Å². The van der Waals surface area contributed by atoms with Gasteiger partial charge in [-0.1, -0.05) is 25.6 Å². The molecule has 0 aromatic carbocycles. The molecule has 0 saturated carbocycles. The summed E-state index contributed by atoms with van der Waals surface area (Å²) in [4.78, 5) is 97.8. The monoisotopic (exact) mass is 918 g/mol. The van der Waals surface area contributed by atoms with Gasteiger partial charge >= 0.3 is 59.0 Å². The fourth-order valence-corrected chi connectivity index (χ4v) is 8.46. The molecule has 2 unspecified atom stereocenters. The van der Waals surface area contributed by atoms with E-state index < -0.39 is 90.5 Å². The third-order valence-electron chi connectivity index (χ3n) is 7.79. The fourth-order valence-electron chi connectivity index (χ4n) is 4.91. The molecule has 1 aliphatic heterocycles. The number of phosphoric ester groups is 3. The number of anilines is 1. The number of carbonyl (C=O) groups excluding carboxylic acids is 3. The predicted molar refractivity (Wildman–Crippen MR) is 193 cm³/mol. The van der Waals surface area contributed by atoms with Crippen molar-refractivity contribution in [2.75, 3.05) is 37.8 Å². The van der Waals surface area contributed by atoms with Crippen LogP contribution in [0.1, 0.15) is 52.2 Å². The van der Waals surface area contributed by atoms with Gasteiger partial charge in [-0.2, -0.15) is 4.31 Å². The van der Waals surface area contributed by atoms with E-state index in [9.17, 15) is 62.7 Å². The molecule has 7 atom stereocenters. The number of carboxylic acids is 1. The summed E-state index contributed by atoms with van der Waals surface area (Å²) in [7, 11) is -16.4. The first-order chi connectivity index (χ1) is 26.4. The number of nitrogen functional groups attached to an aromatic ring is 1. The number of fused-ring (bicyclic) bond motifs is 1. The predicted octanol–water partition coefficient (Wildman–Crippen LogP) is -3.69. The molecule has 1 saturated heterocycles. The number of aliphatic hydroxyl groups is 2. The van der Waals surface area contributed by atoms with Crippen molar-refractivity contribution in [3.05, 3.63) is 12.7 Å². The fraction of sp³-hybridized carbons (Fsp3) is 0.667. The van der Waals surface area contributed by atoms with Crippen molar-refractivity contribution in [1.29, 1.82) is 0 Å². The Morgan fingerprint density at radius 3 is 2.31 bits per heavy atom. The molecule has 0 aliphatic carbocycles. The second-order valence-electron chi connectivity index (χ2n) is 12.9. The maximum absolute atomic E-state index is 12.7. The van der Waals surface area contributed by atoms with Crippen molar-refractivity contribution in [1.82, 2.24) is 30.2 Å². The van der Waals surface area contributed by atoms with Gasteiger partial charge < -0.3 is 56.0 Å². The second-order valence-corrected chi connectivity index (χ2v) is 18.3. The topological polar surface area (TPSA) is 401 Å². The number of ether oxygens (including phenoxy) is 1. The first-order valence-corrected chi connectivity index (χ1v) is 22.2. The first kappa shape index (κ1) is 52.2. The van der Waals surface area contributed by atoms with E-state index in [1.165, 1.54) is 13.8 Å². The molecular formula is C27H44N7NaO19P3S+. The molecule has 1 fully saturated rings. The van der Waals surface area contributed by atoms with Gasteiger partial charge in [-0.25, -0.2) is 28.6 Å². The Balaban J connectivity index is 0.0000116. The number of aromatic nitrogens is 4. The number of carbonyl (C=O) groups is 4. The Morgan fingerprint density at radius 2 is 1.66 bits per heavy atom. The number of thioether (sulfide) groups is 1. The largest absolute Gasteiger partial charge is 1.00 e. The van der Waals surface area contributed by atoms with Crippen molar-refractivity contribution in [3.63, 3.8) is 0 Å². The number of rotatable bonds is 24. The van der Waals surface area contributed by atoms with Gasteiger partial charge in [-0.3, -0.25) is 37.3 Å². The molecule has 2 amide bonds. The number of nitrogens with one attached hydrogen (secondary N) is 2. The van der Waals surface area contributed by atoms with Crippen LogP contribution in [0.25, 0.3) is 11.2 Å². The molecule has 58 heavy (non-hydrogen) atoms. The standard InChI is InChI=1S/C27H44N7O19P3S.Na/c1-27(2,22(40)25(41)30-8-7-16(35)29-9-10-57-18(38)6-4-3-5-17(36)37)12-50-56(47,48)53-55(45,46)49-11-15-21(52-54(42,43)44)20(39)26(51-15)34-14-33-19-23(28)31-13-32-24(19)34;/h13-15,20-22,26,39-40H,3-12H2,1-2H3,(H,29,35)(H,30,41)(H,36,37)(H,45,46)(H,47,48)(H2,28,31,32)(H2,42,43,44);/q;+1/t15-,20-,21-,22+,26-;/m1./s1. The number of aliphatic hydroxyl groups excluding tert-OH is 2. The van der Waals surface area contributed by atoms with Gasteiger partial charge in [-0.05, 0) is 12.8 Å². The molecule has 0 bridgehead atoms. The Bertz CT molecular complexity index is 1890. The van der Waals surface area contributed by atoms with Crippen LogP contribution < -0.4 is 45.9 Å². The number of aliphatic carboxylic acids is 1. The molecule has 26 nitrogen and oxygen atoms in total. The third-order valence-corrected chi connectivity index (χ3v) is 11.8. The normalized spacial score (nSPS) is 21.0. The molecule has 2 aromatic heterocycles. The first-order valence-electron chi connectivity index (χ1n) is 16.7. The zero-order chi connectivity index (χ0) is 42.8. The number of nitrogens with zero attached hydrogens (tertiary/aromatic N) is 4. The van der Waals surface area contributed by atoms with Crippen LogP contribution in [0.4, 0.5) is 5.82 Å². The second kappa shape index (κ2) is 22.8. The Morgan fingerprint density at radius 1 is 1.00 bits per heavy atom. The minimum absolute atomic E-state index is 0. The van der Waals surface area contributed by atoms with Gasteiger partial charge in [0.1, 0.15) is 36.3 Å². The minimum atomic E-state index is -5.58. The number of amides is 2. The maximum Gasteiger partial charge on any atom is 1.00 e. The van der Waals surface area contributed by atoms with Crippen LogP contribution in [0.3, 0.4) is 0 Å². The molecule has 3 rings (SSSR count). The summed E-state index contributed by atoms with van der Waals surface area (Å²) in [6.45, 7) is 0.319. The van der Waals surface area contributed by atoms with Crippen LogP contribution in [-0.2, 0) is 55.5 Å². The number of imidazole rings is 1. The van der Waals surface area contributed by atoms with Crippen LogP contribution >= 0.6 is 35.2 Å². The van der Waals surface area contributed by atoms with Crippen molar-refractivity contribution >= 4 is 75.1 Å². The average Bonchev–Trinajstić information content (AvgIpc) is 3.66. The molecule has 322 valence electrons. The van der Waals surface area contributed by atoms with Gasteiger partial charge in [0.15, 0.2) is 22.8 Å². The number of nitrogens with two attached hydrogens (primary N) is 1. The Labute approximate surface area is 356 Å². The smallest absolute Gasteiger partial charge is 0.481 e. The summed E-state index contributed by atoms with van der Waals surface area (Å²) in [5.41, 5.74) is 4.21. The zero-order valence-electron chi connectivity index (χ0n) is 31.3. The molecular weight excluding hydrogens is 874 g/mol. The minimum Gasteiger partial charge on any atom is -0.481 e. The van der Waals surface area contributed by atoms with Gasteiger partial charge in [0.25, 0.3) is 0 Å². The van der Waals surface area contributed by atoms with Gasteiger partial charge in [0.2, 0.25) is 11.8 Å². The van der Waals surface area contributed by atoms with E-state index in [2.05, 4.69) is 34.4 Å². The van der Waals surface area contributed by atoms with E-state index in [0.717, 1.165) is 29.0 Å². The summed E-state index contributed by atoms with van der Waals surface area (Å²) < 4.78 is 62.0. The van der Waals surface area contributed by atoms with E-state index in [1.807, 2.05) is 0 Å². The maximum atomic E-state index is 12.7. The van der Waals surface area contributed by atoms with Crippen molar-refractivity contribution in [2.24, 2.45) is 5.41 Å². The number of hydrogen-bond acceptors (Lipinski definition) is 19. The van der Waals surface area contributed by atoms with Crippen LogP contribution in [-0.4, -0.2) is 134 Å². The number of hydrogen-bond donors (Lipinski definition) is 10. The van der Waals surface area contributed by atoms with Gasteiger partial charge in [0.05, 0.1) is 19.5 Å². The summed E-state index contributed by atoms with van der Waals surface area (Å²) in [6.07, 6.45) is -6.06. The van der Waals surface area contributed by atoms with Gasteiger partial charge in [-0.15, -0.1) is 0 Å². The summed E-state index contributed by atoms with van der Waals surface area (Å²) >= 11 is 0.982. The molecule has 3 heterocycles. The summed E-state index contributed by atoms with van der Waals surface area (Å²) in [6, 6.07) is 0. The molecule has 1 aliphatic rings. The molecule has 0 spiro atoms. The SMILES string of the molecule is CC(C)(COP(=O)(O)OP(=O)(O)OC[C@H]1O[C@@H](n2cnc3c(N)ncnc32)[C@H](O)[C@@H]1OP(=O)(O)O)[C@@H](O)C(=O)NCCC(=O)NCCSC(=O)CCCCC(=O)O.[Na+]. The van der Waals surface area contributed by atoms with E-state index >= 15 is 0 Å². The molecule has 0 radical (unpaired) electrons. The average molecular weight is 919 g/mol. The quantitative estimate of drug-likeness (QED) is 0.0275. The van der Waals surface area contributed by atoms with Crippen LogP contribution in [0.5, 0.6) is 0 Å².